The second kappa shape index (κ2) is 8.27. The topological polar surface area (TPSA) is 115 Å². The maximum absolute atomic E-state index is 13.0. The molecule has 2 aromatic heterocycles. The normalized spacial score (nSPS) is 10.6. The van der Waals surface area contributed by atoms with E-state index in [0.717, 1.165) is 0 Å². The van der Waals surface area contributed by atoms with Gasteiger partial charge in [-0.25, -0.2) is 15.5 Å². The van der Waals surface area contributed by atoms with Crippen molar-refractivity contribution in [1.82, 2.24) is 20.2 Å². The SMILES string of the molecule is Cc1cc(Cl)cc(C(=O)NN)c1NC(=O)c1cc(Br)nn1-c1ncccc1Cl.[HH]. The second-order valence-corrected chi connectivity index (χ2v) is 7.30. The van der Waals surface area contributed by atoms with E-state index >= 15 is 0 Å². The molecule has 4 N–H and O–H groups in total. The number of carbonyl (C=O) groups excluding carboxylic acids is 2. The van der Waals surface area contributed by atoms with Gasteiger partial charge in [-0.2, -0.15) is 5.10 Å². The number of nitrogen functional groups attached to an aromatic ring is 1. The number of nitrogens with two attached hydrogens (primary N) is 1. The molecule has 3 rings (SSSR count). The minimum absolute atomic E-state index is 0. The molecule has 2 heterocycles. The fraction of sp³-hybridized carbons (Fsp3) is 0.0588. The van der Waals surface area contributed by atoms with Gasteiger partial charge in [0.05, 0.1) is 16.3 Å². The van der Waals surface area contributed by atoms with Crippen LogP contribution in [0.4, 0.5) is 5.69 Å². The van der Waals surface area contributed by atoms with Crippen molar-refractivity contribution >= 4 is 56.6 Å². The first-order valence-electron chi connectivity index (χ1n) is 7.80. The van der Waals surface area contributed by atoms with Crippen LogP contribution in [0.2, 0.25) is 10.0 Å². The zero-order valence-corrected chi connectivity index (χ0v) is 17.4. The lowest BCUT2D eigenvalue weighted by Gasteiger charge is -2.14. The first kappa shape index (κ1) is 20.3. The summed E-state index contributed by atoms with van der Waals surface area (Å²) in [6.07, 6.45) is 1.53. The quantitative estimate of drug-likeness (QED) is 0.295. The highest BCUT2D eigenvalue weighted by Crippen LogP contribution is 2.27. The van der Waals surface area contributed by atoms with Gasteiger partial charge in [0.25, 0.3) is 11.8 Å². The summed E-state index contributed by atoms with van der Waals surface area (Å²) in [4.78, 5) is 29.2. The second-order valence-electron chi connectivity index (χ2n) is 5.65. The molecule has 2 amide bonds. The number of hydrazine groups is 1. The average molecular weight is 486 g/mol. The number of hydrogen-bond donors (Lipinski definition) is 3. The number of aromatic nitrogens is 3. The van der Waals surface area contributed by atoms with E-state index in [9.17, 15) is 9.59 Å². The van der Waals surface area contributed by atoms with Crippen molar-refractivity contribution in [2.75, 3.05) is 5.32 Å². The molecule has 0 unspecified atom stereocenters. The van der Waals surface area contributed by atoms with Crippen molar-refractivity contribution in [1.29, 1.82) is 0 Å². The van der Waals surface area contributed by atoms with Gasteiger partial charge in [-0.05, 0) is 52.7 Å². The van der Waals surface area contributed by atoms with Crippen LogP contribution < -0.4 is 16.6 Å². The molecule has 0 saturated carbocycles. The van der Waals surface area contributed by atoms with Gasteiger partial charge in [-0.3, -0.25) is 15.0 Å². The first-order valence-corrected chi connectivity index (χ1v) is 9.35. The summed E-state index contributed by atoms with van der Waals surface area (Å²) in [6.45, 7) is 1.71. The van der Waals surface area contributed by atoms with Crippen LogP contribution in [0.1, 0.15) is 27.8 Å². The van der Waals surface area contributed by atoms with Crippen molar-refractivity contribution in [2.24, 2.45) is 5.84 Å². The maximum atomic E-state index is 13.0. The smallest absolute Gasteiger partial charge is 0.274 e. The Morgan fingerprint density at radius 3 is 2.68 bits per heavy atom. The third-order valence-electron chi connectivity index (χ3n) is 3.77. The van der Waals surface area contributed by atoms with Crippen LogP contribution in [-0.4, -0.2) is 26.6 Å². The van der Waals surface area contributed by atoms with Crippen LogP contribution in [0.3, 0.4) is 0 Å². The van der Waals surface area contributed by atoms with Crippen LogP contribution in [0.5, 0.6) is 0 Å². The minimum Gasteiger partial charge on any atom is -0.320 e. The molecule has 28 heavy (non-hydrogen) atoms. The summed E-state index contributed by atoms with van der Waals surface area (Å²) < 4.78 is 1.71. The number of aryl methyl sites for hydroxylation is 1. The number of pyridine rings is 1. The predicted octanol–water partition coefficient (Wildman–Crippen LogP) is 3.75. The third kappa shape index (κ3) is 4.02. The van der Waals surface area contributed by atoms with Gasteiger partial charge in [0.1, 0.15) is 10.3 Å². The van der Waals surface area contributed by atoms with Crippen molar-refractivity contribution < 1.29 is 11.0 Å². The Bertz CT molecular complexity index is 1090. The number of amides is 2. The molecule has 0 atom stereocenters. The molecule has 3 aromatic rings. The summed E-state index contributed by atoms with van der Waals surface area (Å²) in [6, 6.07) is 7.84. The van der Waals surface area contributed by atoms with E-state index < -0.39 is 11.8 Å². The molecular weight excluding hydrogens is 471 g/mol. The van der Waals surface area contributed by atoms with Crippen LogP contribution in [-0.2, 0) is 0 Å². The van der Waals surface area contributed by atoms with Gasteiger partial charge in [0.15, 0.2) is 5.82 Å². The van der Waals surface area contributed by atoms with Crippen molar-refractivity contribution in [3.05, 3.63) is 68.0 Å². The molecule has 0 aliphatic heterocycles. The highest BCUT2D eigenvalue weighted by Gasteiger charge is 2.22. The van der Waals surface area contributed by atoms with Gasteiger partial charge < -0.3 is 5.32 Å². The Morgan fingerprint density at radius 1 is 1.25 bits per heavy atom. The van der Waals surface area contributed by atoms with Crippen LogP contribution in [0, 0.1) is 6.92 Å². The number of carbonyl (C=O) groups is 2. The molecule has 1 aromatic carbocycles. The largest absolute Gasteiger partial charge is 0.320 e. The van der Waals surface area contributed by atoms with Crippen LogP contribution in [0.15, 0.2) is 41.1 Å². The molecule has 8 nitrogen and oxygen atoms in total. The van der Waals surface area contributed by atoms with Crippen molar-refractivity contribution in [3.63, 3.8) is 0 Å². The predicted molar refractivity (Wildman–Crippen MR) is 112 cm³/mol. The molecule has 0 bridgehead atoms. The summed E-state index contributed by atoms with van der Waals surface area (Å²) in [5.74, 6) is 4.40. The summed E-state index contributed by atoms with van der Waals surface area (Å²) in [5, 5.41) is 7.59. The van der Waals surface area contributed by atoms with E-state index in [1.165, 1.54) is 23.0 Å². The standard InChI is InChI=1S/C17H13BrCl2N6O2.H2/c1-8-5-9(19)6-10(16(27)24-21)14(8)23-17(28)12-7-13(18)25-26(12)15-11(20)3-2-4-22-15;/h2-7H,21H2,1H3,(H,23,28)(H,24,27);1H. The highest BCUT2D eigenvalue weighted by atomic mass is 79.9. The number of halogens is 3. The number of nitrogens with one attached hydrogen (secondary N) is 2. The molecule has 11 heteroatoms. The van der Waals surface area contributed by atoms with E-state index in [-0.39, 0.29) is 24.2 Å². The zero-order chi connectivity index (χ0) is 20.4. The number of hydrogen-bond acceptors (Lipinski definition) is 5. The Balaban J connectivity index is 0.00000300. The zero-order valence-electron chi connectivity index (χ0n) is 14.3. The Kier molecular flexibility index (Phi) is 5.99. The molecule has 0 fully saturated rings. The number of anilines is 1. The molecule has 146 valence electrons. The highest BCUT2D eigenvalue weighted by molar-refractivity contribution is 9.10. The number of nitrogens with zero attached hydrogens (tertiary/aromatic N) is 3. The summed E-state index contributed by atoms with van der Waals surface area (Å²) in [7, 11) is 0. The summed E-state index contributed by atoms with van der Waals surface area (Å²) in [5.41, 5.74) is 3.17. The van der Waals surface area contributed by atoms with E-state index in [2.05, 4.69) is 31.3 Å². The molecule has 0 aliphatic rings. The average Bonchev–Trinajstić information content (AvgIpc) is 3.05. The number of benzene rings is 1. The monoisotopic (exact) mass is 484 g/mol. The van der Waals surface area contributed by atoms with Crippen molar-refractivity contribution in [3.8, 4) is 5.82 Å². The lowest BCUT2D eigenvalue weighted by Crippen LogP contribution is -2.31. The molecule has 0 spiro atoms. The summed E-state index contributed by atoms with van der Waals surface area (Å²) >= 11 is 15.5. The van der Waals surface area contributed by atoms with Crippen LogP contribution in [0.25, 0.3) is 5.82 Å². The minimum atomic E-state index is -0.594. The van der Waals surface area contributed by atoms with Gasteiger partial charge in [0.2, 0.25) is 0 Å². The lowest BCUT2D eigenvalue weighted by atomic mass is 10.1. The fourth-order valence-corrected chi connectivity index (χ4v) is 3.40. The Morgan fingerprint density at radius 2 is 2.00 bits per heavy atom. The lowest BCUT2D eigenvalue weighted by molar-refractivity contribution is 0.0954. The first-order chi connectivity index (χ1) is 13.3. The Labute approximate surface area is 179 Å². The van der Waals surface area contributed by atoms with E-state index in [0.29, 0.717) is 20.2 Å². The Hall–Kier alpha value is -2.46. The van der Waals surface area contributed by atoms with Crippen LogP contribution >= 0.6 is 39.1 Å². The van der Waals surface area contributed by atoms with Gasteiger partial charge >= 0.3 is 0 Å². The van der Waals surface area contributed by atoms with Gasteiger partial charge in [-0.1, -0.05) is 23.2 Å². The number of rotatable bonds is 4. The van der Waals surface area contributed by atoms with Gasteiger partial charge in [0, 0.05) is 18.7 Å². The third-order valence-corrected chi connectivity index (χ3v) is 4.67. The maximum Gasteiger partial charge on any atom is 0.274 e. The fourth-order valence-electron chi connectivity index (χ4n) is 2.55. The van der Waals surface area contributed by atoms with E-state index in [1.54, 1.807) is 25.1 Å². The molecule has 0 aliphatic carbocycles. The van der Waals surface area contributed by atoms with Crippen molar-refractivity contribution in [2.45, 2.75) is 6.92 Å². The molecule has 0 saturated heterocycles. The van der Waals surface area contributed by atoms with Gasteiger partial charge in [-0.15, -0.1) is 0 Å². The molecular formula is C17H15BrCl2N6O2. The van der Waals surface area contributed by atoms with E-state index in [1.807, 2.05) is 5.43 Å². The van der Waals surface area contributed by atoms with E-state index in [4.69, 9.17) is 29.0 Å². The molecule has 0 radical (unpaired) electrons.